The van der Waals surface area contributed by atoms with Crippen LogP contribution in [0.15, 0.2) is 0 Å². The first-order chi connectivity index (χ1) is 11.1. The summed E-state index contributed by atoms with van der Waals surface area (Å²) < 4.78 is 19.0. The first-order valence-corrected chi connectivity index (χ1v) is 7.75. The smallest absolute Gasteiger partial charge is 0.344 e. The molecule has 23 heavy (non-hydrogen) atoms. The first-order valence-electron chi connectivity index (χ1n) is 7.75. The lowest BCUT2D eigenvalue weighted by Gasteiger charge is -2.07. The van der Waals surface area contributed by atoms with E-state index in [-0.39, 0.29) is 19.8 Å². The lowest BCUT2D eigenvalue weighted by atomic mass is 10.2. The van der Waals surface area contributed by atoms with Gasteiger partial charge < -0.3 is 24.1 Å². The van der Waals surface area contributed by atoms with E-state index < -0.39 is 31.1 Å². The van der Waals surface area contributed by atoms with Gasteiger partial charge in [-0.15, -0.1) is 0 Å². The molecule has 0 saturated carbocycles. The third kappa shape index (κ3) is 15.0. The summed E-state index contributed by atoms with van der Waals surface area (Å²) in [5.74, 6) is -2.12. The number of hydrogen-bond donors (Lipinski definition) is 1. The van der Waals surface area contributed by atoms with Crippen molar-refractivity contribution in [3.8, 4) is 0 Å². The maximum atomic E-state index is 11.3. The Morgan fingerprint density at radius 3 is 2.09 bits per heavy atom. The van der Waals surface area contributed by atoms with E-state index in [0.29, 0.717) is 6.61 Å². The zero-order valence-electron chi connectivity index (χ0n) is 13.6. The molecular formula is C15H26O8. The lowest BCUT2D eigenvalue weighted by Crippen LogP contribution is -2.21. The molecule has 1 N–H and O–H groups in total. The van der Waals surface area contributed by atoms with E-state index in [2.05, 4.69) is 16.4 Å². The average Bonchev–Trinajstić information content (AvgIpc) is 2.55. The molecule has 8 heteroatoms. The van der Waals surface area contributed by atoms with E-state index >= 15 is 0 Å². The summed E-state index contributed by atoms with van der Waals surface area (Å²) in [6, 6.07) is 0. The molecule has 0 aliphatic carbocycles. The van der Waals surface area contributed by atoms with Crippen molar-refractivity contribution in [3.63, 3.8) is 0 Å². The fourth-order valence-electron chi connectivity index (χ4n) is 1.53. The molecule has 0 rings (SSSR count). The van der Waals surface area contributed by atoms with Crippen molar-refractivity contribution in [3.05, 3.63) is 0 Å². The summed E-state index contributed by atoms with van der Waals surface area (Å²) >= 11 is 0. The van der Waals surface area contributed by atoms with Crippen LogP contribution in [0.3, 0.4) is 0 Å². The van der Waals surface area contributed by atoms with Crippen molar-refractivity contribution in [1.82, 2.24) is 0 Å². The zero-order chi connectivity index (χ0) is 17.3. The van der Waals surface area contributed by atoms with Gasteiger partial charge in [-0.25, -0.2) is 14.4 Å². The molecule has 8 nitrogen and oxygen atoms in total. The van der Waals surface area contributed by atoms with Crippen LogP contribution in [-0.2, 0) is 33.3 Å². The molecule has 0 aromatic heterocycles. The Balaban J connectivity index is 3.38. The second kappa shape index (κ2) is 15.2. The number of ether oxygens (including phenoxy) is 4. The second-order valence-electron chi connectivity index (χ2n) is 4.73. The van der Waals surface area contributed by atoms with Gasteiger partial charge in [0, 0.05) is 0 Å². The van der Waals surface area contributed by atoms with Gasteiger partial charge in [0.1, 0.15) is 19.8 Å². The molecule has 0 aliphatic rings. The Kier molecular flexibility index (Phi) is 14.1. The maximum absolute atomic E-state index is 11.3. The minimum Gasteiger partial charge on any atom is -0.464 e. The van der Waals surface area contributed by atoms with Crippen LogP contribution in [0, 0.1) is 0 Å². The Hall–Kier alpha value is -1.67. The van der Waals surface area contributed by atoms with E-state index in [1.807, 2.05) is 0 Å². The van der Waals surface area contributed by atoms with Crippen molar-refractivity contribution in [1.29, 1.82) is 0 Å². The number of rotatable bonds is 14. The second-order valence-corrected chi connectivity index (χ2v) is 4.73. The molecular weight excluding hydrogens is 308 g/mol. The molecule has 0 spiro atoms. The van der Waals surface area contributed by atoms with Gasteiger partial charge in [-0.3, -0.25) is 0 Å². The third-order valence-corrected chi connectivity index (χ3v) is 2.70. The van der Waals surface area contributed by atoms with Crippen molar-refractivity contribution >= 4 is 17.9 Å². The van der Waals surface area contributed by atoms with Crippen molar-refractivity contribution in [2.75, 3.05) is 39.6 Å². The molecule has 0 aliphatic heterocycles. The van der Waals surface area contributed by atoms with Gasteiger partial charge in [0.15, 0.2) is 6.61 Å². The summed E-state index contributed by atoms with van der Waals surface area (Å²) in [6.07, 6.45) is 5.38. The van der Waals surface area contributed by atoms with E-state index in [1.165, 1.54) is 12.8 Å². The number of esters is 3. The quantitative estimate of drug-likeness (QED) is 0.279. The summed E-state index contributed by atoms with van der Waals surface area (Å²) in [4.78, 5) is 33.0. The van der Waals surface area contributed by atoms with Gasteiger partial charge in [-0.05, 0) is 6.42 Å². The number of carbonyl (C=O) groups is 3. The minimum atomic E-state index is -0.907. The predicted molar refractivity (Wildman–Crippen MR) is 79.5 cm³/mol. The highest BCUT2D eigenvalue weighted by molar-refractivity contribution is 5.76. The van der Waals surface area contributed by atoms with Gasteiger partial charge >= 0.3 is 17.9 Å². The van der Waals surface area contributed by atoms with Crippen LogP contribution >= 0.6 is 0 Å². The molecule has 0 atom stereocenters. The van der Waals surface area contributed by atoms with Crippen LogP contribution < -0.4 is 0 Å². The van der Waals surface area contributed by atoms with E-state index in [1.54, 1.807) is 0 Å². The molecule has 0 bridgehead atoms. The van der Waals surface area contributed by atoms with Crippen LogP contribution in [0.4, 0.5) is 0 Å². The Labute approximate surface area is 136 Å². The molecule has 0 fully saturated rings. The molecule has 0 aromatic carbocycles. The van der Waals surface area contributed by atoms with Gasteiger partial charge in [-0.2, -0.15) is 0 Å². The summed E-state index contributed by atoms with van der Waals surface area (Å²) in [5, 5.41) is 8.37. The van der Waals surface area contributed by atoms with Gasteiger partial charge in [0.25, 0.3) is 0 Å². The minimum absolute atomic E-state index is 0.0330. The van der Waals surface area contributed by atoms with E-state index in [0.717, 1.165) is 19.3 Å². The first kappa shape index (κ1) is 21.3. The van der Waals surface area contributed by atoms with Gasteiger partial charge in [0.05, 0.1) is 13.2 Å². The van der Waals surface area contributed by atoms with Crippen LogP contribution in [0.5, 0.6) is 0 Å². The summed E-state index contributed by atoms with van der Waals surface area (Å²) in [7, 11) is 0. The highest BCUT2D eigenvalue weighted by Gasteiger charge is 2.08. The average molecular weight is 334 g/mol. The molecule has 0 aromatic rings. The van der Waals surface area contributed by atoms with E-state index in [9.17, 15) is 14.4 Å². The molecule has 0 unspecified atom stereocenters. The monoisotopic (exact) mass is 334 g/mol. The lowest BCUT2D eigenvalue weighted by molar-refractivity contribution is -0.161. The van der Waals surface area contributed by atoms with Crippen molar-refractivity contribution in [2.45, 2.75) is 39.0 Å². The van der Waals surface area contributed by atoms with E-state index in [4.69, 9.17) is 14.6 Å². The Bertz CT molecular complexity index is 342. The standard InChI is InChI=1S/C15H26O8/c1-2-3-4-5-6-7-21-14(18)11-20-8-9-22-15(19)12-23-13(17)10-16/h16H,2-12H2,1H3. The van der Waals surface area contributed by atoms with Crippen molar-refractivity contribution < 1.29 is 38.4 Å². The van der Waals surface area contributed by atoms with Gasteiger partial charge in [0.2, 0.25) is 0 Å². The van der Waals surface area contributed by atoms with Crippen LogP contribution in [-0.4, -0.2) is 62.7 Å². The Morgan fingerprint density at radius 1 is 0.739 bits per heavy atom. The molecule has 0 radical (unpaired) electrons. The molecule has 0 heterocycles. The number of hydrogen-bond acceptors (Lipinski definition) is 8. The van der Waals surface area contributed by atoms with Crippen molar-refractivity contribution in [2.24, 2.45) is 0 Å². The molecule has 134 valence electrons. The fraction of sp³-hybridized carbons (Fsp3) is 0.800. The van der Waals surface area contributed by atoms with Crippen LogP contribution in [0.25, 0.3) is 0 Å². The third-order valence-electron chi connectivity index (χ3n) is 2.70. The number of aliphatic hydroxyl groups is 1. The van der Waals surface area contributed by atoms with Crippen LogP contribution in [0.1, 0.15) is 39.0 Å². The predicted octanol–water partition coefficient (Wildman–Crippen LogP) is 0.595. The molecule has 0 saturated heterocycles. The summed E-state index contributed by atoms with van der Waals surface area (Å²) in [5.41, 5.74) is 0. The summed E-state index contributed by atoms with van der Waals surface area (Å²) in [6.45, 7) is 0.918. The Morgan fingerprint density at radius 2 is 1.39 bits per heavy atom. The molecule has 0 amide bonds. The number of carbonyl (C=O) groups excluding carboxylic acids is 3. The highest BCUT2D eigenvalue weighted by Crippen LogP contribution is 2.02. The SMILES string of the molecule is CCCCCCCOC(=O)COCCOC(=O)COC(=O)CO. The zero-order valence-corrected chi connectivity index (χ0v) is 13.6. The highest BCUT2D eigenvalue weighted by atomic mass is 16.6. The largest absolute Gasteiger partial charge is 0.464 e. The maximum Gasteiger partial charge on any atom is 0.344 e. The number of unbranched alkanes of at least 4 members (excludes halogenated alkanes) is 4. The van der Waals surface area contributed by atoms with Gasteiger partial charge in [-0.1, -0.05) is 32.6 Å². The topological polar surface area (TPSA) is 108 Å². The van der Waals surface area contributed by atoms with Crippen LogP contribution in [0.2, 0.25) is 0 Å². The fourth-order valence-corrected chi connectivity index (χ4v) is 1.53. The number of aliphatic hydroxyl groups excluding tert-OH is 1. The normalized spacial score (nSPS) is 10.2.